The number of benzene rings is 3. The number of para-hydroxylation sites is 1. The van der Waals surface area contributed by atoms with Crippen LogP contribution in [0.5, 0.6) is 0 Å². The first-order valence-electron chi connectivity index (χ1n) is 10.9. The lowest BCUT2D eigenvalue weighted by atomic mass is 10.0. The molecule has 3 aromatic carbocycles. The van der Waals surface area contributed by atoms with Gasteiger partial charge < -0.3 is 14.4 Å². The first kappa shape index (κ1) is 22.6. The number of anilines is 1. The summed E-state index contributed by atoms with van der Waals surface area (Å²) < 4.78 is 11.8. The van der Waals surface area contributed by atoms with E-state index in [0.717, 1.165) is 11.1 Å². The van der Waals surface area contributed by atoms with Gasteiger partial charge in [0.25, 0.3) is 11.6 Å². The Balaban J connectivity index is 1.73. The minimum absolute atomic E-state index is 0.135. The van der Waals surface area contributed by atoms with Crippen LogP contribution in [-0.4, -0.2) is 17.6 Å². The van der Waals surface area contributed by atoms with Crippen LogP contribution in [0.1, 0.15) is 37.5 Å². The van der Waals surface area contributed by atoms with Crippen molar-refractivity contribution in [2.75, 3.05) is 4.90 Å². The van der Waals surface area contributed by atoms with E-state index in [1.807, 2.05) is 78.9 Å². The number of hydrogen-bond donors (Lipinski definition) is 1. The van der Waals surface area contributed by atoms with Crippen molar-refractivity contribution in [3.63, 3.8) is 0 Å². The molecule has 1 N–H and O–H groups in total. The number of nitrogens with one attached hydrogen (secondary N) is 1. The zero-order valence-corrected chi connectivity index (χ0v) is 19.1. The maximum Gasteiger partial charge on any atom is 0.410 e. The fraction of sp³-hybridized carbons (Fsp3) is 0.259. The summed E-state index contributed by atoms with van der Waals surface area (Å²) in [6, 6.07) is 26.6. The summed E-state index contributed by atoms with van der Waals surface area (Å²) in [7, 11) is 0. The molecule has 0 aromatic heterocycles. The minimum atomic E-state index is -1.70. The van der Waals surface area contributed by atoms with Gasteiger partial charge in [0.1, 0.15) is 5.60 Å². The molecule has 6 nitrogen and oxygen atoms in total. The highest BCUT2D eigenvalue weighted by molar-refractivity contribution is 6.08. The van der Waals surface area contributed by atoms with Crippen molar-refractivity contribution >= 4 is 17.7 Å². The Morgan fingerprint density at radius 3 is 2.09 bits per heavy atom. The van der Waals surface area contributed by atoms with E-state index in [1.54, 1.807) is 31.7 Å². The number of carbonyl (C=O) groups excluding carboxylic acids is 2. The van der Waals surface area contributed by atoms with Crippen molar-refractivity contribution in [3.05, 3.63) is 102 Å². The van der Waals surface area contributed by atoms with Gasteiger partial charge in [0.2, 0.25) is 0 Å². The van der Waals surface area contributed by atoms with Crippen molar-refractivity contribution in [3.8, 4) is 0 Å². The molecule has 1 atom stereocenters. The molecule has 0 aliphatic carbocycles. The summed E-state index contributed by atoms with van der Waals surface area (Å²) in [5.41, 5.74) is 0.689. The average molecular weight is 445 g/mol. The maximum atomic E-state index is 13.9. The third kappa shape index (κ3) is 4.91. The van der Waals surface area contributed by atoms with Crippen LogP contribution < -0.4 is 10.2 Å². The number of carbonyl (C=O) groups is 2. The molecule has 0 unspecified atom stereocenters. The van der Waals surface area contributed by atoms with Crippen LogP contribution in [0, 0.1) is 0 Å². The lowest BCUT2D eigenvalue weighted by Gasteiger charge is -2.31. The van der Waals surface area contributed by atoms with Crippen molar-refractivity contribution in [1.82, 2.24) is 5.32 Å². The van der Waals surface area contributed by atoms with Crippen LogP contribution in [-0.2, 0) is 33.1 Å². The second-order valence-electron chi connectivity index (χ2n) is 8.98. The lowest BCUT2D eigenvalue weighted by molar-refractivity contribution is -0.151. The van der Waals surface area contributed by atoms with E-state index < -0.39 is 17.4 Å². The summed E-state index contributed by atoms with van der Waals surface area (Å²) >= 11 is 0. The van der Waals surface area contributed by atoms with E-state index in [4.69, 9.17) is 9.47 Å². The van der Waals surface area contributed by atoms with Gasteiger partial charge in [-0.15, -0.1) is 0 Å². The zero-order valence-electron chi connectivity index (χ0n) is 19.1. The number of fused-ring (bicyclic) bond motifs is 1. The molecule has 2 amide bonds. The highest BCUT2D eigenvalue weighted by Gasteiger charge is 2.54. The largest absolute Gasteiger partial charge is 0.444 e. The molecule has 0 bridgehead atoms. The fourth-order valence-corrected chi connectivity index (χ4v) is 3.85. The quantitative estimate of drug-likeness (QED) is 0.536. The van der Waals surface area contributed by atoms with E-state index in [9.17, 15) is 9.59 Å². The van der Waals surface area contributed by atoms with E-state index in [1.165, 1.54) is 0 Å². The summed E-state index contributed by atoms with van der Waals surface area (Å²) in [4.78, 5) is 28.5. The molecule has 3 aromatic rings. The second kappa shape index (κ2) is 9.08. The second-order valence-corrected chi connectivity index (χ2v) is 8.98. The van der Waals surface area contributed by atoms with E-state index in [2.05, 4.69) is 5.32 Å². The Bertz CT molecular complexity index is 1130. The van der Waals surface area contributed by atoms with Gasteiger partial charge in [-0.2, -0.15) is 0 Å². The molecule has 0 radical (unpaired) electrons. The smallest absolute Gasteiger partial charge is 0.410 e. The number of ether oxygens (including phenoxy) is 2. The molecule has 0 fully saturated rings. The van der Waals surface area contributed by atoms with Crippen LogP contribution in [0.2, 0.25) is 0 Å². The molecular formula is C27H28N2O4. The minimum Gasteiger partial charge on any atom is -0.444 e. The molecule has 0 spiro atoms. The molecule has 6 heteroatoms. The van der Waals surface area contributed by atoms with Gasteiger partial charge in [-0.05, 0) is 38.0 Å². The molecule has 4 rings (SSSR count). The number of nitrogens with zero attached hydrogens (tertiary/aromatic N) is 1. The lowest BCUT2D eigenvalue weighted by Crippen LogP contribution is -2.55. The van der Waals surface area contributed by atoms with E-state index in [-0.39, 0.29) is 12.5 Å². The van der Waals surface area contributed by atoms with E-state index >= 15 is 0 Å². The standard InChI is InChI=1S/C27H28N2O4/c1-26(2,3)33-25(31)28-27(32-19-21-14-8-5-9-15-21)22-16-10-11-17-23(22)29(24(27)30)18-20-12-6-4-7-13-20/h4-17H,18-19H2,1-3H3,(H,28,31)/t27-/m1/s1. The Hall–Kier alpha value is -3.64. The highest BCUT2D eigenvalue weighted by atomic mass is 16.6. The zero-order chi connectivity index (χ0) is 23.5. The average Bonchev–Trinajstić information content (AvgIpc) is 3.01. The summed E-state index contributed by atoms with van der Waals surface area (Å²) in [6.45, 7) is 5.81. The van der Waals surface area contributed by atoms with E-state index in [0.29, 0.717) is 17.8 Å². The SMILES string of the molecule is CC(C)(C)OC(=O)N[C@]1(OCc2ccccc2)C(=O)N(Cc2ccccc2)c2ccccc21. The molecular weight excluding hydrogens is 416 g/mol. The van der Waals surface area contributed by atoms with Gasteiger partial charge >= 0.3 is 6.09 Å². The Kier molecular flexibility index (Phi) is 6.20. The van der Waals surface area contributed by atoms with Crippen molar-refractivity contribution in [1.29, 1.82) is 0 Å². The number of rotatable bonds is 6. The van der Waals surface area contributed by atoms with Crippen LogP contribution in [0.4, 0.5) is 10.5 Å². The molecule has 0 saturated carbocycles. The Morgan fingerprint density at radius 2 is 1.45 bits per heavy atom. The van der Waals surface area contributed by atoms with Gasteiger partial charge in [0, 0.05) is 5.56 Å². The van der Waals surface area contributed by atoms with Gasteiger partial charge in [0.05, 0.1) is 18.8 Å². The van der Waals surface area contributed by atoms with Crippen LogP contribution in [0.3, 0.4) is 0 Å². The van der Waals surface area contributed by atoms with Crippen LogP contribution in [0.15, 0.2) is 84.9 Å². The summed E-state index contributed by atoms with van der Waals surface area (Å²) in [5.74, 6) is -0.366. The molecule has 1 heterocycles. The Labute approximate surface area is 194 Å². The third-order valence-corrected chi connectivity index (χ3v) is 5.28. The number of hydrogen-bond acceptors (Lipinski definition) is 4. The third-order valence-electron chi connectivity index (χ3n) is 5.28. The number of amides is 2. The van der Waals surface area contributed by atoms with Crippen molar-refractivity contribution in [2.45, 2.75) is 45.2 Å². The molecule has 1 aliphatic rings. The monoisotopic (exact) mass is 444 g/mol. The maximum absolute atomic E-state index is 13.9. The number of alkyl carbamates (subject to hydrolysis) is 1. The van der Waals surface area contributed by atoms with Gasteiger partial charge in [-0.1, -0.05) is 78.9 Å². The molecule has 0 saturated heterocycles. The fourth-order valence-electron chi connectivity index (χ4n) is 3.85. The molecule has 33 heavy (non-hydrogen) atoms. The molecule has 1 aliphatic heterocycles. The van der Waals surface area contributed by atoms with Crippen LogP contribution >= 0.6 is 0 Å². The van der Waals surface area contributed by atoms with Crippen molar-refractivity contribution < 1.29 is 19.1 Å². The van der Waals surface area contributed by atoms with Gasteiger partial charge in [-0.25, -0.2) is 4.79 Å². The first-order chi connectivity index (χ1) is 15.8. The van der Waals surface area contributed by atoms with Gasteiger partial charge in [0.15, 0.2) is 0 Å². The predicted octanol–water partition coefficient (Wildman–Crippen LogP) is 5.13. The van der Waals surface area contributed by atoms with Gasteiger partial charge in [-0.3, -0.25) is 10.1 Å². The summed E-state index contributed by atoms with van der Waals surface area (Å²) in [5, 5.41) is 2.77. The normalized spacial score (nSPS) is 17.5. The summed E-state index contributed by atoms with van der Waals surface area (Å²) in [6.07, 6.45) is -0.722. The molecule has 170 valence electrons. The Morgan fingerprint density at radius 1 is 0.879 bits per heavy atom. The first-order valence-corrected chi connectivity index (χ1v) is 10.9. The van der Waals surface area contributed by atoms with Crippen LogP contribution in [0.25, 0.3) is 0 Å². The predicted molar refractivity (Wildman–Crippen MR) is 126 cm³/mol. The topological polar surface area (TPSA) is 67.9 Å². The highest BCUT2D eigenvalue weighted by Crippen LogP contribution is 2.42. The van der Waals surface area contributed by atoms with Crippen molar-refractivity contribution in [2.24, 2.45) is 0 Å².